The first-order valence-corrected chi connectivity index (χ1v) is 6.56. The molecule has 8 nitrogen and oxygen atoms in total. The third kappa shape index (κ3) is 5.65. The van der Waals surface area contributed by atoms with E-state index < -0.39 is 10.8 Å². The van der Waals surface area contributed by atoms with Gasteiger partial charge in [-0.1, -0.05) is 13.0 Å². The first kappa shape index (κ1) is 16.7. The second-order valence-corrected chi connectivity index (χ2v) is 4.20. The van der Waals surface area contributed by atoms with Gasteiger partial charge in [-0.2, -0.15) is 0 Å². The number of nitro groups is 1. The number of benzene rings is 1. The monoisotopic (exact) mass is 297 g/mol. The van der Waals surface area contributed by atoms with Gasteiger partial charge >= 0.3 is 5.69 Å². The predicted molar refractivity (Wildman–Crippen MR) is 77.4 cm³/mol. The van der Waals surface area contributed by atoms with E-state index in [4.69, 9.17) is 15.2 Å². The number of nitrogens with zero attached hydrogens (tertiary/aromatic N) is 1. The molecule has 0 spiro atoms. The highest BCUT2D eigenvalue weighted by Gasteiger charge is 2.20. The minimum Gasteiger partial charge on any atom is -0.487 e. The van der Waals surface area contributed by atoms with E-state index in [9.17, 15) is 14.9 Å². The van der Waals surface area contributed by atoms with Crippen molar-refractivity contribution in [2.75, 3.05) is 31.7 Å². The molecule has 0 saturated heterocycles. The number of ether oxygens (including phenoxy) is 2. The molecule has 0 fully saturated rings. The van der Waals surface area contributed by atoms with Crippen LogP contribution >= 0.6 is 0 Å². The largest absolute Gasteiger partial charge is 0.487 e. The Morgan fingerprint density at radius 1 is 1.43 bits per heavy atom. The molecule has 0 aromatic heterocycles. The summed E-state index contributed by atoms with van der Waals surface area (Å²) in [4.78, 5) is 21.2. The van der Waals surface area contributed by atoms with E-state index in [0.717, 1.165) is 6.42 Å². The van der Waals surface area contributed by atoms with Gasteiger partial charge in [-0.05, 0) is 18.6 Å². The van der Waals surface area contributed by atoms with Gasteiger partial charge in [0.2, 0.25) is 5.91 Å². The number of primary amides is 1. The highest BCUT2D eigenvalue weighted by Crippen LogP contribution is 2.34. The number of hydrogen-bond donors (Lipinski definition) is 2. The Morgan fingerprint density at radius 3 is 2.81 bits per heavy atom. The van der Waals surface area contributed by atoms with Crippen molar-refractivity contribution in [1.29, 1.82) is 0 Å². The Labute approximate surface area is 122 Å². The number of carbonyl (C=O) groups excluding carboxylic acids is 1. The molecule has 116 valence electrons. The molecule has 1 aromatic carbocycles. The van der Waals surface area contributed by atoms with Crippen LogP contribution in [0.15, 0.2) is 18.2 Å². The molecule has 0 aliphatic heterocycles. The summed E-state index contributed by atoms with van der Waals surface area (Å²) in [5.74, 6) is -0.333. The summed E-state index contributed by atoms with van der Waals surface area (Å²) in [7, 11) is 0. The highest BCUT2D eigenvalue weighted by atomic mass is 16.6. The zero-order chi connectivity index (χ0) is 15.7. The summed E-state index contributed by atoms with van der Waals surface area (Å²) in [6.45, 7) is 2.67. The van der Waals surface area contributed by atoms with Gasteiger partial charge < -0.3 is 20.5 Å². The SMILES string of the molecule is CCCOc1cccc(NCCOCC(N)=O)c1[N+](=O)[O-]. The van der Waals surface area contributed by atoms with Crippen LogP contribution in [0.5, 0.6) is 5.75 Å². The summed E-state index contributed by atoms with van der Waals surface area (Å²) < 4.78 is 10.3. The summed E-state index contributed by atoms with van der Waals surface area (Å²) in [6, 6.07) is 4.82. The molecule has 1 amide bonds. The van der Waals surface area contributed by atoms with Crippen LogP contribution in [-0.2, 0) is 9.53 Å². The lowest BCUT2D eigenvalue weighted by molar-refractivity contribution is -0.385. The van der Waals surface area contributed by atoms with Crippen LogP contribution in [0.1, 0.15) is 13.3 Å². The standard InChI is InChI=1S/C13H19N3O5/c1-2-7-21-11-5-3-4-10(13(11)16(18)19)15-6-8-20-9-12(14)17/h3-5,15H,2,6-9H2,1H3,(H2,14,17). The van der Waals surface area contributed by atoms with Crippen molar-refractivity contribution in [3.8, 4) is 5.75 Å². The van der Waals surface area contributed by atoms with Gasteiger partial charge in [-0.25, -0.2) is 0 Å². The molecule has 0 radical (unpaired) electrons. The number of nitrogens with two attached hydrogens (primary N) is 1. The number of rotatable bonds is 10. The maximum absolute atomic E-state index is 11.2. The molecule has 0 atom stereocenters. The summed E-state index contributed by atoms with van der Waals surface area (Å²) >= 11 is 0. The smallest absolute Gasteiger partial charge is 0.333 e. The van der Waals surface area contributed by atoms with Gasteiger partial charge in [-0.15, -0.1) is 0 Å². The maximum Gasteiger partial charge on any atom is 0.333 e. The Balaban J connectivity index is 2.67. The molecular formula is C13H19N3O5. The number of nitrogens with one attached hydrogen (secondary N) is 1. The van der Waals surface area contributed by atoms with Crippen molar-refractivity contribution >= 4 is 17.3 Å². The molecule has 1 rings (SSSR count). The summed E-state index contributed by atoms with van der Waals surface area (Å²) in [5.41, 5.74) is 5.16. The van der Waals surface area contributed by atoms with Crippen molar-refractivity contribution < 1.29 is 19.2 Å². The first-order chi connectivity index (χ1) is 10.1. The van der Waals surface area contributed by atoms with E-state index in [1.807, 2.05) is 6.92 Å². The fourth-order valence-corrected chi connectivity index (χ4v) is 1.61. The molecule has 0 aliphatic rings. The van der Waals surface area contributed by atoms with Gasteiger partial charge in [0.25, 0.3) is 0 Å². The summed E-state index contributed by atoms with van der Waals surface area (Å²) in [5, 5.41) is 14.1. The van der Waals surface area contributed by atoms with Crippen molar-refractivity contribution in [1.82, 2.24) is 0 Å². The average Bonchev–Trinajstić information content (AvgIpc) is 2.44. The number of hydrogen-bond acceptors (Lipinski definition) is 6. The maximum atomic E-state index is 11.2. The third-order valence-electron chi connectivity index (χ3n) is 2.45. The molecule has 3 N–H and O–H groups in total. The highest BCUT2D eigenvalue weighted by molar-refractivity contribution is 5.75. The second kappa shape index (κ2) is 8.75. The van der Waals surface area contributed by atoms with Gasteiger partial charge in [0.1, 0.15) is 12.3 Å². The molecule has 0 aliphatic carbocycles. The van der Waals surface area contributed by atoms with Crippen molar-refractivity contribution in [2.45, 2.75) is 13.3 Å². The van der Waals surface area contributed by atoms with Gasteiger partial charge in [0, 0.05) is 6.54 Å². The normalized spacial score (nSPS) is 10.1. The minimum atomic E-state index is -0.559. The lowest BCUT2D eigenvalue weighted by Gasteiger charge is -2.10. The Morgan fingerprint density at radius 2 is 2.19 bits per heavy atom. The molecule has 1 aromatic rings. The van der Waals surface area contributed by atoms with Gasteiger partial charge in [0.05, 0.1) is 18.1 Å². The van der Waals surface area contributed by atoms with Crippen LogP contribution in [0.3, 0.4) is 0 Å². The third-order valence-corrected chi connectivity index (χ3v) is 2.45. The Hall–Kier alpha value is -2.35. The molecule has 0 heterocycles. The van der Waals surface area contributed by atoms with Crippen LogP contribution in [0, 0.1) is 10.1 Å². The van der Waals surface area contributed by atoms with Crippen LogP contribution < -0.4 is 15.8 Å². The van der Waals surface area contributed by atoms with Crippen LogP contribution in [0.2, 0.25) is 0 Å². The van der Waals surface area contributed by atoms with Gasteiger partial charge in [0.15, 0.2) is 5.75 Å². The number of carbonyl (C=O) groups is 1. The van der Waals surface area contributed by atoms with Crippen molar-refractivity contribution in [2.24, 2.45) is 5.73 Å². The zero-order valence-corrected chi connectivity index (χ0v) is 11.8. The fourth-order valence-electron chi connectivity index (χ4n) is 1.61. The Kier molecular flexibility index (Phi) is 6.96. The molecule has 0 unspecified atom stereocenters. The molecule has 0 bridgehead atoms. The van der Waals surface area contributed by atoms with E-state index in [1.165, 1.54) is 0 Å². The van der Waals surface area contributed by atoms with E-state index >= 15 is 0 Å². The van der Waals surface area contributed by atoms with Crippen LogP contribution in [0.4, 0.5) is 11.4 Å². The van der Waals surface area contributed by atoms with E-state index in [2.05, 4.69) is 5.32 Å². The quantitative estimate of drug-likeness (QED) is 0.382. The van der Waals surface area contributed by atoms with Crippen LogP contribution in [0.25, 0.3) is 0 Å². The van der Waals surface area contributed by atoms with Crippen LogP contribution in [-0.4, -0.2) is 37.2 Å². The fraction of sp³-hybridized carbons (Fsp3) is 0.462. The lowest BCUT2D eigenvalue weighted by atomic mass is 10.2. The second-order valence-electron chi connectivity index (χ2n) is 4.20. The first-order valence-electron chi connectivity index (χ1n) is 6.56. The van der Waals surface area contributed by atoms with Crippen molar-refractivity contribution in [3.63, 3.8) is 0 Å². The van der Waals surface area contributed by atoms with E-state index in [0.29, 0.717) is 18.8 Å². The number of anilines is 1. The lowest BCUT2D eigenvalue weighted by Crippen LogP contribution is -2.20. The van der Waals surface area contributed by atoms with E-state index in [-0.39, 0.29) is 24.7 Å². The predicted octanol–water partition coefficient (Wildman–Crippen LogP) is 1.30. The number of amides is 1. The molecule has 21 heavy (non-hydrogen) atoms. The number of para-hydroxylation sites is 1. The molecule has 8 heteroatoms. The van der Waals surface area contributed by atoms with E-state index in [1.54, 1.807) is 18.2 Å². The topological polar surface area (TPSA) is 117 Å². The zero-order valence-electron chi connectivity index (χ0n) is 11.8. The molecular weight excluding hydrogens is 278 g/mol. The summed E-state index contributed by atoms with van der Waals surface area (Å²) in [6.07, 6.45) is 0.760. The van der Waals surface area contributed by atoms with Crippen molar-refractivity contribution in [3.05, 3.63) is 28.3 Å². The Bertz CT molecular complexity index is 493. The average molecular weight is 297 g/mol. The van der Waals surface area contributed by atoms with Gasteiger partial charge in [-0.3, -0.25) is 14.9 Å². The molecule has 0 saturated carbocycles. The number of nitro benzene ring substituents is 1. The minimum absolute atomic E-state index is 0.110.